The summed E-state index contributed by atoms with van der Waals surface area (Å²) in [6.45, 7) is 1.08. The summed E-state index contributed by atoms with van der Waals surface area (Å²) in [6.07, 6.45) is 9.74. The van der Waals surface area contributed by atoms with E-state index in [-0.39, 0.29) is 0 Å². The lowest BCUT2D eigenvalue weighted by Crippen LogP contribution is -2.35. The summed E-state index contributed by atoms with van der Waals surface area (Å²) in [6, 6.07) is 6.87. The van der Waals surface area contributed by atoms with Gasteiger partial charge in [0.15, 0.2) is 5.69 Å². The van der Waals surface area contributed by atoms with Crippen molar-refractivity contribution >= 4 is 5.69 Å². The molecule has 0 N–H and O–H groups in total. The highest BCUT2D eigenvalue weighted by molar-refractivity contribution is 5.57. The van der Waals surface area contributed by atoms with Gasteiger partial charge in [-0.2, -0.15) is 5.26 Å². The minimum absolute atomic E-state index is 0.586. The molecule has 0 bridgehead atoms. The smallest absolute Gasteiger partial charge is 0.163 e. The van der Waals surface area contributed by atoms with Gasteiger partial charge in [0.25, 0.3) is 0 Å². The minimum Gasteiger partial charge on any atom is -0.366 e. The Bertz CT molecular complexity index is 457. The molecule has 3 nitrogen and oxygen atoms in total. The van der Waals surface area contributed by atoms with E-state index in [2.05, 4.69) is 22.0 Å². The number of hydrogen-bond donors (Lipinski definition) is 0. The first-order valence-electron chi connectivity index (χ1n) is 7.02. The quantitative estimate of drug-likeness (QED) is 0.798. The van der Waals surface area contributed by atoms with Gasteiger partial charge in [0.2, 0.25) is 0 Å². The molecule has 2 aliphatic rings. The molecule has 0 amide bonds. The Balaban J connectivity index is 1.88. The molecule has 2 heterocycles. The predicted octanol–water partition coefficient (Wildman–Crippen LogP) is 3.11. The van der Waals surface area contributed by atoms with E-state index >= 15 is 0 Å². The number of pyridine rings is 1. The molecular weight excluding hydrogens is 222 g/mol. The van der Waals surface area contributed by atoms with Gasteiger partial charge in [-0.1, -0.05) is 12.8 Å². The van der Waals surface area contributed by atoms with Crippen LogP contribution in [0, 0.1) is 17.2 Å². The highest BCUT2D eigenvalue weighted by atomic mass is 15.2. The third kappa shape index (κ3) is 1.96. The van der Waals surface area contributed by atoms with E-state index in [1.165, 1.54) is 38.5 Å². The lowest BCUT2D eigenvalue weighted by molar-refractivity contribution is 0.430. The molecule has 18 heavy (non-hydrogen) atoms. The van der Waals surface area contributed by atoms with E-state index in [4.69, 9.17) is 0 Å². The number of nitrogens with zero attached hydrogens (tertiary/aromatic N) is 3. The maximum absolute atomic E-state index is 9.19. The van der Waals surface area contributed by atoms with Gasteiger partial charge in [-0.05, 0) is 43.7 Å². The highest BCUT2D eigenvalue weighted by Gasteiger charge is 2.34. The van der Waals surface area contributed by atoms with Crippen molar-refractivity contribution in [1.82, 2.24) is 4.98 Å². The molecule has 0 radical (unpaired) electrons. The maximum atomic E-state index is 9.19. The molecule has 1 unspecified atom stereocenters. The molecule has 3 rings (SSSR count). The summed E-state index contributed by atoms with van der Waals surface area (Å²) < 4.78 is 0. The first kappa shape index (κ1) is 11.5. The van der Waals surface area contributed by atoms with Crippen LogP contribution in [0.2, 0.25) is 0 Å². The summed E-state index contributed by atoms with van der Waals surface area (Å²) in [5.41, 5.74) is 1.64. The summed E-state index contributed by atoms with van der Waals surface area (Å²) >= 11 is 0. The second-order valence-corrected chi connectivity index (χ2v) is 5.43. The fourth-order valence-electron chi connectivity index (χ4n) is 3.64. The van der Waals surface area contributed by atoms with Gasteiger partial charge in [-0.15, -0.1) is 0 Å². The van der Waals surface area contributed by atoms with Crippen molar-refractivity contribution in [2.24, 2.45) is 5.92 Å². The van der Waals surface area contributed by atoms with Crippen molar-refractivity contribution < 1.29 is 0 Å². The first-order chi connectivity index (χ1) is 8.90. The van der Waals surface area contributed by atoms with Crippen molar-refractivity contribution in [2.45, 2.75) is 44.6 Å². The number of hydrogen-bond acceptors (Lipinski definition) is 3. The van der Waals surface area contributed by atoms with Gasteiger partial charge in [0.1, 0.15) is 6.07 Å². The van der Waals surface area contributed by atoms with Crippen LogP contribution < -0.4 is 4.90 Å². The molecule has 1 aromatic heterocycles. The predicted molar refractivity (Wildman–Crippen MR) is 71.3 cm³/mol. The monoisotopic (exact) mass is 241 g/mol. The van der Waals surface area contributed by atoms with Crippen LogP contribution in [0.5, 0.6) is 0 Å². The average Bonchev–Trinajstić information content (AvgIpc) is 3.09. The van der Waals surface area contributed by atoms with Crippen molar-refractivity contribution in [1.29, 1.82) is 5.26 Å². The molecule has 1 saturated heterocycles. The molecule has 0 spiro atoms. The van der Waals surface area contributed by atoms with Crippen molar-refractivity contribution in [3.63, 3.8) is 0 Å². The Kier molecular flexibility index (Phi) is 3.19. The third-order valence-electron chi connectivity index (χ3n) is 4.44. The van der Waals surface area contributed by atoms with Crippen LogP contribution in [0.1, 0.15) is 44.2 Å². The van der Waals surface area contributed by atoms with Crippen molar-refractivity contribution in [2.75, 3.05) is 11.4 Å². The SMILES string of the molecule is N#Cc1ncccc1N1CCCC1C1CCCC1. The Labute approximate surface area is 108 Å². The normalized spacial score (nSPS) is 24.4. The van der Waals surface area contributed by atoms with Crippen LogP contribution in [0.4, 0.5) is 5.69 Å². The fraction of sp³-hybridized carbons (Fsp3) is 0.600. The van der Waals surface area contributed by atoms with Crippen molar-refractivity contribution in [3.05, 3.63) is 24.0 Å². The summed E-state index contributed by atoms with van der Waals surface area (Å²) in [5.74, 6) is 0.833. The highest BCUT2D eigenvalue weighted by Crippen LogP contribution is 2.38. The Morgan fingerprint density at radius 1 is 1.22 bits per heavy atom. The Morgan fingerprint density at radius 2 is 2.06 bits per heavy atom. The molecule has 1 atom stereocenters. The van der Waals surface area contributed by atoms with E-state index in [0.29, 0.717) is 11.7 Å². The van der Waals surface area contributed by atoms with Crippen LogP contribution in [-0.4, -0.2) is 17.6 Å². The fourth-order valence-corrected chi connectivity index (χ4v) is 3.64. The lowest BCUT2D eigenvalue weighted by Gasteiger charge is -2.31. The average molecular weight is 241 g/mol. The molecular formula is C15H19N3. The molecule has 1 aromatic rings. The molecule has 0 aromatic carbocycles. The van der Waals surface area contributed by atoms with Crippen LogP contribution >= 0.6 is 0 Å². The molecule has 3 heteroatoms. The topological polar surface area (TPSA) is 39.9 Å². The lowest BCUT2D eigenvalue weighted by atomic mass is 9.95. The molecule has 2 fully saturated rings. The van der Waals surface area contributed by atoms with E-state index in [1.54, 1.807) is 6.20 Å². The molecule has 1 aliphatic heterocycles. The van der Waals surface area contributed by atoms with E-state index in [9.17, 15) is 5.26 Å². The van der Waals surface area contributed by atoms with E-state index < -0.39 is 0 Å². The van der Waals surface area contributed by atoms with Gasteiger partial charge < -0.3 is 4.90 Å². The van der Waals surface area contributed by atoms with Gasteiger partial charge in [0, 0.05) is 18.8 Å². The number of nitriles is 1. The number of aromatic nitrogens is 1. The molecule has 94 valence electrons. The first-order valence-corrected chi connectivity index (χ1v) is 7.02. The number of anilines is 1. The maximum Gasteiger partial charge on any atom is 0.163 e. The van der Waals surface area contributed by atoms with Crippen LogP contribution in [-0.2, 0) is 0 Å². The van der Waals surface area contributed by atoms with Crippen LogP contribution in [0.25, 0.3) is 0 Å². The minimum atomic E-state index is 0.586. The van der Waals surface area contributed by atoms with E-state index in [1.807, 2.05) is 6.07 Å². The zero-order valence-corrected chi connectivity index (χ0v) is 10.7. The van der Waals surface area contributed by atoms with Gasteiger partial charge in [-0.3, -0.25) is 0 Å². The number of rotatable bonds is 2. The van der Waals surface area contributed by atoms with Gasteiger partial charge in [0.05, 0.1) is 5.69 Å². The zero-order valence-electron chi connectivity index (χ0n) is 10.7. The van der Waals surface area contributed by atoms with Crippen LogP contribution in [0.15, 0.2) is 18.3 Å². The van der Waals surface area contributed by atoms with Gasteiger partial charge in [-0.25, -0.2) is 4.98 Å². The third-order valence-corrected chi connectivity index (χ3v) is 4.44. The van der Waals surface area contributed by atoms with E-state index in [0.717, 1.165) is 18.2 Å². The standard InChI is InChI=1S/C15H19N3/c16-11-13-15(7-3-9-17-13)18-10-4-8-14(18)12-5-1-2-6-12/h3,7,9,12,14H,1-2,4-6,8,10H2. The molecule has 1 saturated carbocycles. The Morgan fingerprint density at radius 3 is 2.83 bits per heavy atom. The summed E-state index contributed by atoms with van der Waals surface area (Å²) in [7, 11) is 0. The van der Waals surface area contributed by atoms with Crippen molar-refractivity contribution in [3.8, 4) is 6.07 Å². The van der Waals surface area contributed by atoms with Gasteiger partial charge >= 0.3 is 0 Å². The zero-order chi connectivity index (χ0) is 12.4. The molecule has 1 aliphatic carbocycles. The Hall–Kier alpha value is -1.56. The largest absolute Gasteiger partial charge is 0.366 e. The second-order valence-electron chi connectivity index (χ2n) is 5.43. The summed E-state index contributed by atoms with van der Waals surface area (Å²) in [4.78, 5) is 6.65. The van der Waals surface area contributed by atoms with Crippen LogP contribution in [0.3, 0.4) is 0 Å². The second kappa shape index (κ2) is 4.97. The summed E-state index contributed by atoms with van der Waals surface area (Å²) in [5, 5.41) is 9.19.